The Morgan fingerprint density at radius 2 is 1.70 bits per heavy atom. The van der Waals surface area contributed by atoms with Gasteiger partial charge in [0, 0.05) is 18.2 Å². The van der Waals surface area contributed by atoms with Crippen molar-refractivity contribution in [2.24, 2.45) is 5.73 Å². The highest BCUT2D eigenvalue weighted by atomic mass is 19.4. The van der Waals surface area contributed by atoms with Crippen molar-refractivity contribution < 1.29 is 35.5 Å². The first kappa shape index (κ1) is 19.3. The first-order valence-corrected chi connectivity index (χ1v) is 7.73. The van der Waals surface area contributed by atoms with Gasteiger partial charge in [-0.2, -0.15) is 26.3 Å². The molecule has 1 heterocycles. The van der Waals surface area contributed by atoms with E-state index in [2.05, 4.69) is 5.32 Å². The Morgan fingerprint density at radius 3 is 2.30 bits per heavy atom. The van der Waals surface area contributed by atoms with Crippen molar-refractivity contribution in [1.29, 1.82) is 0 Å². The molecule has 2 aromatic carbocycles. The van der Waals surface area contributed by atoms with Gasteiger partial charge in [0.2, 0.25) is 0 Å². The van der Waals surface area contributed by atoms with Crippen molar-refractivity contribution in [1.82, 2.24) is 0 Å². The lowest BCUT2D eigenvalue weighted by molar-refractivity contribution is -0.142. The van der Waals surface area contributed by atoms with Crippen LogP contribution >= 0.6 is 0 Å². The summed E-state index contributed by atoms with van der Waals surface area (Å²) in [4.78, 5) is 0. The van der Waals surface area contributed by atoms with E-state index >= 15 is 0 Å². The second-order valence-corrected chi connectivity index (χ2v) is 5.94. The van der Waals surface area contributed by atoms with E-state index < -0.39 is 41.0 Å². The third-order valence-electron chi connectivity index (χ3n) is 4.06. The van der Waals surface area contributed by atoms with Gasteiger partial charge in [0.25, 0.3) is 0 Å². The van der Waals surface area contributed by atoms with Crippen molar-refractivity contribution in [2.75, 3.05) is 18.4 Å². The fourth-order valence-electron chi connectivity index (χ4n) is 2.81. The zero-order chi connectivity index (χ0) is 20.0. The number of rotatable bonds is 2. The van der Waals surface area contributed by atoms with E-state index in [0.717, 1.165) is 12.1 Å². The van der Waals surface area contributed by atoms with Crippen LogP contribution in [0.1, 0.15) is 11.1 Å². The van der Waals surface area contributed by atoms with E-state index in [9.17, 15) is 30.7 Å². The van der Waals surface area contributed by atoms with E-state index in [1.165, 1.54) is 0 Å². The molecule has 27 heavy (non-hydrogen) atoms. The number of hydrogen-bond donors (Lipinski definition) is 2. The summed E-state index contributed by atoms with van der Waals surface area (Å²) in [5, 5.41) is 2.80. The van der Waals surface area contributed by atoms with Gasteiger partial charge in [-0.1, -0.05) is 6.07 Å². The standard InChI is InChI=1S/C17H13F7N2O/c18-9-4-12(15-14(5-9)26-7-10(6-25)27-15)11-2-1-8(16(19,20)21)3-13(11)17(22,23)24/h1-5,10,26H,6-7,25H2/t10-/m1/s1. The molecule has 0 unspecified atom stereocenters. The van der Waals surface area contributed by atoms with Gasteiger partial charge < -0.3 is 15.8 Å². The van der Waals surface area contributed by atoms with Crippen LogP contribution in [0.15, 0.2) is 30.3 Å². The van der Waals surface area contributed by atoms with Crippen LogP contribution in [0.4, 0.5) is 36.4 Å². The first-order valence-electron chi connectivity index (χ1n) is 7.73. The molecule has 0 saturated heterocycles. The number of benzene rings is 2. The highest BCUT2D eigenvalue weighted by molar-refractivity contribution is 5.81. The van der Waals surface area contributed by atoms with Crippen molar-refractivity contribution in [3.8, 4) is 16.9 Å². The van der Waals surface area contributed by atoms with Crippen LogP contribution in [-0.2, 0) is 12.4 Å². The molecular formula is C17H13F7N2O. The Kier molecular flexibility index (Phi) is 4.71. The summed E-state index contributed by atoms with van der Waals surface area (Å²) in [6.45, 7) is 0.258. The summed E-state index contributed by atoms with van der Waals surface area (Å²) in [5.74, 6) is -0.956. The Morgan fingerprint density at radius 1 is 1.00 bits per heavy atom. The highest BCUT2D eigenvalue weighted by Gasteiger charge is 2.39. The van der Waals surface area contributed by atoms with Gasteiger partial charge in [-0.3, -0.25) is 0 Å². The molecule has 3 rings (SSSR count). The first-order chi connectivity index (χ1) is 12.5. The summed E-state index contributed by atoms with van der Waals surface area (Å²) < 4.78 is 98.3. The lowest BCUT2D eigenvalue weighted by atomic mass is 9.95. The molecule has 146 valence electrons. The molecule has 0 aliphatic carbocycles. The van der Waals surface area contributed by atoms with Crippen LogP contribution in [0.2, 0.25) is 0 Å². The Balaban J connectivity index is 2.24. The van der Waals surface area contributed by atoms with Gasteiger partial charge in [0.15, 0.2) is 5.75 Å². The van der Waals surface area contributed by atoms with E-state index in [1.807, 2.05) is 0 Å². The number of nitrogens with two attached hydrogens (primary N) is 1. The van der Waals surface area contributed by atoms with Gasteiger partial charge in [-0.25, -0.2) is 4.39 Å². The SMILES string of the molecule is NC[C@@H]1CNc2cc(F)cc(-c3ccc(C(F)(F)F)cc3C(F)(F)F)c2O1. The molecule has 1 atom stereocenters. The molecule has 0 radical (unpaired) electrons. The number of anilines is 1. The van der Waals surface area contributed by atoms with E-state index in [-0.39, 0.29) is 36.2 Å². The molecule has 1 aliphatic heterocycles. The number of hydrogen-bond acceptors (Lipinski definition) is 3. The van der Waals surface area contributed by atoms with E-state index in [0.29, 0.717) is 12.1 Å². The molecule has 3 N–H and O–H groups in total. The van der Waals surface area contributed by atoms with Crippen molar-refractivity contribution >= 4 is 5.69 Å². The fourth-order valence-corrected chi connectivity index (χ4v) is 2.81. The predicted molar refractivity (Wildman–Crippen MR) is 83.8 cm³/mol. The largest absolute Gasteiger partial charge is 0.484 e. The summed E-state index contributed by atoms with van der Waals surface area (Å²) in [6.07, 6.45) is -10.6. The van der Waals surface area contributed by atoms with Crippen LogP contribution in [-0.4, -0.2) is 19.2 Å². The summed E-state index contributed by atoms with van der Waals surface area (Å²) in [6, 6.07) is 3.00. The molecule has 10 heteroatoms. The smallest absolute Gasteiger partial charge is 0.417 e. The maximum atomic E-state index is 13.9. The minimum Gasteiger partial charge on any atom is -0.484 e. The average Bonchev–Trinajstić information content (AvgIpc) is 2.58. The second kappa shape index (κ2) is 6.59. The minimum absolute atomic E-state index is 0.00327. The zero-order valence-corrected chi connectivity index (χ0v) is 13.5. The van der Waals surface area contributed by atoms with Crippen molar-refractivity contribution in [3.05, 3.63) is 47.3 Å². The van der Waals surface area contributed by atoms with Crippen LogP contribution in [0, 0.1) is 5.82 Å². The molecule has 2 aromatic rings. The lowest BCUT2D eigenvalue weighted by Crippen LogP contribution is -2.37. The van der Waals surface area contributed by atoms with Crippen LogP contribution in [0.5, 0.6) is 5.75 Å². The molecule has 0 aromatic heterocycles. The lowest BCUT2D eigenvalue weighted by Gasteiger charge is -2.29. The molecule has 0 bridgehead atoms. The molecule has 0 spiro atoms. The summed E-state index contributed by atoms with van der Waals surface area (Å²) in [7, 11) is 0. The quantitative estimate of drug-likeness (QED) is 0.729. The van der Waals surface area contributed by atoms with Gasteiger partial charge in [-0.15, -0.1) is 0 Å². The molecule has 0 fully saturated rings. The minimum atomic E-state index is -5.09. The van der Waals surface area contributed by atoms with Gasteiger partial charge >= 0.3 is 12.4 Å². The van der Waals surface area contributed by atoms with E-state index in [4.69, 9.17) is 10.5 Å². The third-order valence-corrected chi connectivity index (χ3v) is 4.06. The topological polar surface area (TPSA) is 47.3 Å². The van der Waals surface area contributed by atoms with Crippen LogP contribution in [0.25, 0.3) is 11.1 Å². The highest BCUT2D eigenvalue weighted by Crippen LogP contribution is 2.46. The average molecular weight is 394 g/mol. The van der Waals surface area contributed by atoms with Crippen molar-refractivity contribution in [3.63, 3.8) is 0 Å². The zero-order valence-electron chi connectivity index (χ0n) is 13.5. The molecule has 1 aliphatic rings. The van der Waals surface area contributed by atoms with Crippen LogP contribution < -0.4 is 15.8 Å². The van der Waals surface area contributed by atoms with Crippen molar-refractivity contribution in [2.45, 2.75) is 18.5 Å². The maximum absolute atomic E-state index is 13.9. The molecular weight excluding hydrogens is 381 g/mol. The molecule has 0 saturated carbocycles. The Hall–Kier alpha value is -2.49. The number of alkyl halides is 6. The van der Waals surface area contributed by atoms with Gasteiger partial charge in [0.05, 0.1) is 23.4 Å². The predicted octanol–water partition coefficient (Wildman–Crippen LogP) is 4.66. The number of nitrogens with one attached hydrogen (secondary N) is 1. The van der Waals surface area contributed by atoms with Gasteiger partial charge in [0.1, 0.15) is 11.9 Å². The Labute approximate surface area is 148 Å². The molecule has 0 amide bonds. The van der Waals surface area contributed by atoms with E-state index in [1.54, 1.807) is 0 Å². The second-order valence-electron chi connectivity index (χ2n) is 5.94. The maximum Gasteiger partial charge on any atom is 0.417 e. The van der Waals surface area contributed by atoms with Gasteiger partial charge in [-0.05, 0) is 23.8 Å². The number of ether oxygens (including phenoxy) is 1. The molecule has 3 nitrogen and oxygen atoms in total. The fraction of sp³-hybridized carbons (Fsp3) is 0.294. The number of fused-ring (bicyclic) bond motifs is 1. The number of halogens is 7. The van der Waals surface area contributed by atoms with Crippen LogP contribution in [0.3, 0.4) is 0 Å². The normalized spacial score (nSPS) is 17.1. The summed E-state index contributed by atoms with van der Waals surface area (Å²) in [5.41, 5.74) is 1.68. The summed E-state index contributed by atoms with van der Waals surface area (Å²) >= 11 is 0. The third kappa shape index (κ3) is 3.80. The monoisotopic (exact) mass is 394 g/mol. The Bertz CT molecular complexity index is 862.